The molecule has 7 nitrogen and oxygen atoms in total. The molecule has 31 heavy (non-hydrogen) atoms. The number of carbonyl (C=O) groups is 1. The summed E-state index contributed by atoms with van der Waals surface area (Å²) < 4.78 is 48.2. The second-order valence-electron chi connectivity index (χ2n) is 8.09. The lowest BCUT2D eigenvalue weighted by atomic mass is 9.92. The van der Waals surface area contributed by atoms with E-state index < -0.39 is 23.4 Å². The van der Waals surface area contributed by atoms with E-state index in [4.69, 9.17) is 9.84 Å². The molecule has 0 saturated heterocycles. The number of halogens is 3. The van der Waals surface area contributed by atoms with Crippen molar-refractivity contribution >= 4 is 11.7 Å². The zero-order chi connectivity index (χ0) is 22.8. The predicted octanol–water partition coefficient (Wildman–Crippen LogP) is 4.87. The van der Waals surface area contributed by atoms with Crippen molar-refractivity contribution in [1.29, 1.82) is 0 Å². The number of fused-ring (bicyclic) bond motifs is 1. The third-order valence-corrected chi connectivity index (χ3v) is 4.70. The molecular weight excluding hydrogens is 413 g/mol. The van der Waals surface area contributed by atoms with Gasteiger partial charge in [-0.25, -0.2) is 14.3 Å². The van der Waals surface area contributed by atoms with Gasteiger partial charge in [-0.15, -0.1) is 0 Å². The van der Waals surface area contributed by atoms with Crippen LogP contribution in [0.3, 0.4) is 0 Å². The highest BCUT2D eigenvalue weighted by atomic mass is 19.4. The summed E-state index contributed by atoms with van der Waals surface area (Å²) in [6.07, 6.45) is -0.698. The van der Waals surface area contributed by atoms with Crippen LogP contribution in [0, 0.1) is 5.92 Å². The van der Waals surface area contributed by atoms with Gasteiger partial charge in [-0.2, -0.15) is 18.3 Å². The topological polar surface area (TPSA) is 88.8 Å². The maximum atomic E-state index is 13.7. The minimum atomic E-state index is -4.62. The number of rotatable bonds is 7. The Morgan fingerprint density at radius 1 is 1.32 bits per heavy atom. The van der Waals surface area contributed by atoms with Crippen LogP contribution in [0.15, 0.2) is 42.9 Å². The second kappa shape index (κ2) is 8.44. The summed E-state index contributed by atoms with van der Waals surface area (Å²) >= 11 is 0. The highest BCUT2D eigenvalue weighted by Crippen LogP contribution is 2.39. The number of aromatic nitrogens is 3. The number of nitrogens with one attached hydrogen (secondary N) is 1. The molecule has 0 aliphatic carbocycles. The SMILES string of the molecule is C[C@H](COc1ccc(-c2cnn3cccnc23)cc1C(F)(F)F)CC(C)(C)NC(=O)O. The van der Waals surface area contributed by atoms with E-state index in [1.165, 1.54) is 22.8 Å². The highest BCUT2D eigenvalue weighted by Gasteiger charge is 2.35. The van der Waals surface area contributed by atoms with Crippen LogP contribution in [0.25, 0.3) is 16.8 Å². The van der Waals surface area contributed by atoms with Gasteiger partial charge in [0.25, 0.3) is 0 Å². The van der Waals surface area contributed by atoms with Gasteiger partial charge in [0.2, 0.25) is 0 Å². The van der Waals surface area contributed by atoms with Crippen LogP contribution in [0.1, 0.15) is 32.8 Å². The quantitative estimate of drug-likeness (QED) is 0.552. The van der Waals surface area contributed by atoms with Gasteiger partial charge in [0, 0.05) is 23.5 Å². The normalized spacial score (nSPS) is 13.2. The Kier molecular flexibility index (Phi) is 6.10. The Bertz CT molecular complexity index is 1080. The van der Waals surface area contributed by atoms with Crippen molar-refractivity contribution in [3.05, 3.63) is 48.4 Å². The molecule has 0 saturated carbocycles. The lowest BCUT2D eigenvalue weighted by Crippen LogP contribution is -2.44. The number of nitrogens with zero attached hydrogens (tertiary/aromatic N) is 3. The molecule has 0 radical (unpaired) electrons. The van der Waals surface area contributed by atoms with Crippen LogP contribution in [0.2, 0.25) is 0 Å². The molecule has 0 aliphatic heterocycles. The molecule has 0 fully saturated rings. The fraction of sp³-hybridized carbons (Fsp3) is 0.381. The van der Waals surface area contributed by atoms with Crippen molar-refractivity contribution in [3.8, 4) is 16.9 Å². The van der Waals surface area contributed by atoms with E-state index >= 15 is 0 Å². The Labute approximate surface area is 176 Å². The molecule has 0 unspecified atom stereocenters. The van der Waals surface area contributed by atoms with Crippen LogP contribution in [0.5, 0.6) is 5.75 Å². The summed E-state index contributed by atoms with van der Waals surface area (Å²) in [4.78, 5) is 15.1. The third-order valence-electron chi connectivity index (χ3n) is 4.70. The first-order valence-corrected chi connectivity index (χ1v) is 9.60. The van der Waals surface area contributed by atoms with Crippen molar-refractivity contribution < 1.29 is 27.8 Å². The van der Waals surface area contributed by atoms with Gasteiger partial charge in [-0.1, -0.05) is 13.0 Å². The predicted molar refractivity (Wildman–Crippen MR) is 108 cm³/mol. The number of alkyl halides is 3. The van der Waals surface area contributed by atoms with Gasteiger partial charge in [0.1, 0.15) is 5.75 Å². The molecule has 166 valence electrons. The van der Waals surface area contributed by atoms with E-state index in [0.29, 0.717) is 23.2 Å². The first-order valence-electron chi connectivity index (χ1n) is 9.60. The number of amides is 1. The summed E-state index contributed by atoms with van der Waals surface area (Å²) in [7, 11) is 0. The Hall–Kier alpha value is -3.30. The van der Waals surface area contributed by atoms with Gasteiger partial charge in [-0.3, -0.25) is 0 Å². The molecule has 0 bridgehead atoms. The largest absolute Gasteiger partial charge is 0.493 e. The average molecular weight is 436 g/mol. The lowest BCUT2D eigenvalue weighted by molar-refractivity contribution is -0.139. The number of benzene rings is 1. The number of ether oxygens (including phenoxy) is 1. The molecule has 2 aromatic heterocycles. The fourth-order valence-electron chi connectivity index (χ4n) is 3.58. The maximum Gasteiger partial charge on any atom is 0.419 e. The minimum Gasteiger partial charge on any atom is -0.493 e. The molecule has 1 aromatic carbocycles. The van der Waals surface area contributed by atoms with Gasteiger partial charge < -0.3 is 15.2 Å². The monoisotopic (exact) mass is 436 g/mol. The molecule has 1 atom stereocenters. The molecule has 3 aromatic rings. The lowest BCUT2D eigenvalue weighted by Gasteiger charge is -2.28. The van der Waals surface area contributed by atoms with Crippen LogP contribution < -0.4 is 10.1 Å². The van der Waals surface area contributed by atoms with Crippen LogP contribution >= 0.6 is 0 Å². The third kappa shape index (κ3) is 5.44. The summed E-state index contributed by atoms with van der Waals surface area (Å²) in [6, 6.07) is 5.53. The highest BCUT2D eigenvalue weighted by molar-refractivity contribution is 5.77. The maximum absolute atomic E-state index is 13.7. The molecule has 10 heteroatoms. The molecular formula is C21H23F3N4O3. The standard InChI is InChI=1S/C21H23F3N4O3/c1-13(10-20(2,3)27-19(29)30)12-31-17-6-5-14(9-16(17)21(22,23)24)15-11-26-28-8-4-7-25-18(15)28/h4-9,11,13,27H,10,12H2,1-3H3,(H,29,30)/t13-/m0/s1. The summed E-state index contributed by atoms with van der Waals surface area (Å²) in [6.45, 7) is 5.21. The first-order chi connectivity index (χ1) is 14.5. The van der Waals surface area contributed by atoms with Crippen molar-refractivity contribution in [2.75, 3.05) is 6.61 Å². The molecule has 3 rings (SSSR count). The zero-order valence-electron chi connectivity index (χ0n) is 17.3. The van der Waals surface area contributed by atoms with Crippen molar-refractivity contribution in [3.63, 3.8) is 0 Å². The fourth-order valence-corrected chi connectivity index (χ4v) is 3.58. The van der Waals surface area contributed by atoms with Crippen LogP contribution in [0.4, 0.5) is 18.0 Å². The van der Waals surface area contributed by atoms with E-state index in [1.807, 2.05) is 0 Å². The minimum absolute atomic E-state index is 0.00538. The zero-order valence-corrected chi connectivity index (χ0v) is 17.3. The number of hydrogen-bond donors (Lipinski definition) is 2. The summed E-state index contributed by atoms with van der Waals surface area (Å²) in [5.41, 5.74) is -0.371. The summed E-state index contributed by atoms with van der Waals surface area (Å²) in [5, 5.41) is 15.4. The van der Waals surface area contributed by atoms with Gasteiger partial charge >= 0.3 is 12.3 Å². The van der Waals surface area contributed by atoms with E-state index in [2.05, 4.69) is 15.4 Å². The molecule has 2 heterocycles. The van der Waals surface area contributed by atoms with Crippen molar-refractivity contribution in [2.45, 2.75) is 38.9 Å². The Morgan fingerprint density at radius 3 is 2.74 bits per heavy atom. The molecule has 1 amide bonds. The molecule has 2 N–H and O–H groups in total. The van der Waals surface area contributed by atoms with Crippen LogP contribution in [-0.4, -0.2) is 37.9 Å². The van der Waals surface area contributed by atoms with E-state index in [0.717, 1.165) is 6.07 Å². The average Bonchev–Trinajstić information content (AvgIpc) is 3.08. The van der Waals surface area contributed by atoms with Gasteiger partial charge in [-0.05, 0) is 49.9 Å². The summed E-state index contributed by atoms with van der Waals surface area (Å²) in [5.74, 6) is -0.469. The Morgan fingerprint density at radius 2 is 2.06 bits per heavy atom. The van der Waals surface area contributed by atoms with Gasteiger partial charge in [0.15, 0.2) is 5.65 Å². The number of hydrogen-bond acceptors (Lipinski definition) is 4. The van der Waals surface area contributed by atoms with E-state index in [1.54, 1.807) is 39.2 Å². The Balaban J connectivity index is 1.82. The van der Waals surface area contributed by atoms with E-state index in [9.17, 15) is 18.0 Å². The molecule has 0 aliphatic rings. The number of carboxylic acid groups (broad SMARTS) is 1. The van der Waals surface area contributed by atoms with E-state index in [-0.39, 0.29) is 18.3 Å². The smallest absolute Gasteiger partial charge is 0.419 e. The van der Waals surface area contributed by atoms with Crippen molar-refractivity contribution in [1.82, 2.24) is 19.9 Å². The van der Waals surface area contributed by atoms with Gasteiger partial charge in [0.05, 0.1) is 18.4 Å². The molecule has 0 spiro atoms. The second-order valence-corrected chi connectivity index (χ2v) is 8.09. The van der Waals surface area contributed by atoms with Crippen molar-refractivity contribution in [2.24, 2.45) is 5.92 Å². The van der Waals surface area contributed by atoms with Crippen LogP contribution in [-0.2, 0) is 6.18 Å². The first kappa shape index (κ1) is 22.4.